The molecule has 4 heteroatoms. The fourth-order valence-corrected chi connectivity index (χ4v) is 0.440. The van der Waals surface area contributed by atoms with Crippen LogP contribution < -0.4 is 0 Å². The van der Waals surface area contributed by atoms with Crippen LogP contribution >= 0.6 is 0 Å². The number of hydrogen-bond acceptors (Lipinski definition) is 3. The molecule has 0 amide bonds. The van der Waals surface area contributed by atoms with E-state index in [1.807, 2.05) is 0 Å². The van der Waals surface area contributed by atoms with E-state index in [4.69, 9.17) is 0 Å². The summed E-state index contributed by atoms with van der Waals surface area (Å²) >= 11 is 0. The van der Waals surface area contributed by atoms with Gasteiger partial charge in [0.25, 0.3) is 0 Å². The predicted octanol–water partition coefficient (Wildman–Crippen LogP) is -0.688. The topological polar surface area (TPSA) is 34.3 Å². The Labute approximate surface area is 31.4 Å². The third-order valence-electron chi connectivity index (χ3n) is 0.367. The monoisotopic (exact) mass is 92.0 g/mol. The first-order valence-electron chi connectivity index (χ1n) is 1.28. The standard InChI is InChI=1S/CH4O3Si/c1-2-5-3-4-5/h5H,1H3. The molecule has 1 aliphatic heterocycles. The molecule has 0 unspecified atom stereocenters. The van der Waals surface area contributed by atoms with Crippen molar-refractivity contribution in [1.82, 2.24) is 0 Å². The van der Waals surface area contributed by atoms with Crippen molar-refractivity contribution in [1.29, 1.82) is 0 Å². The maximum atomic E-state index is 4.56. The third kappa shape index (κ3) is 0.693. The minimum Gasteiger partial charge on any atom is -0.377 e. The summed E-state index contributed by atoms with van der Waals surface area (Å²) < 4.78 is 13.1. The molecule has 1 aliphatic rings. The molecule has 5 heavy (non-hydrogen) atoms. The first-order chi connectivity index (χ1) is 2.43. The minimum atomic E-state index is -1.40. The first kappa shape index (κ1) is 3.29. The van der Waals surface area contributed by atoms with E-state index in [1.54, 1.807) is 7.11 Å². The van der Waals surface area contributed by atoms with E-state index < -0.39 is 9.53 Å². The summed E-state index contributed by atoms with van der Waals surface area (Å²) in [6.07, 6.45) is 0. The Morgan fingerprint density at radius 1 is 1.60 bits per heavy atom. The summed E-state index contributed by atoms with van der Waals surface area (Å²) in [6.45, 7) is 0. The maximum Gasteiger partial charge on any atom is 0.539 e. The highest BCUT2D eigenvalue weighted by atomic mass is 28.3. The largest absolute Gasteiger partial charge is 0.539 e. The van der Waals surface area contributed by atoms with Gasteiger partial charge in [0.15, 0.2) is 0 Å². The van der Waals surface area contributed by atoms with Crippen LogP contribution in [0.3, 0.4) is 0 Å². The van der Waals surface area contributed by atoms with Crippen molar-refractivity contribution in [2.45, 2.75) is 0 Å². The molecule has 0 aliphatic carbocycles. The lowest BCUT2D eigenvalue weighted by atomic mass is 11.8. The molecular formula is CH4O3Si. The quantitative estimate of drug-likeness (QED) is 0.244. The zero-order valence-corrected chi connectivity index (χ0v) is 3.96. The summed E-state index contributed by atoms with van der Waals surface area (Å²) in [5, 5.41) is 0. The second kappa shape index (κ2) is 1.06. The predicted molar refractivity (Wildman–Crippen MR) is 16.3 cm³/mol. The fraction of sp³-hybridized carbons (Fsp3) is 1.00. The van der Waals surface area contributed by atoms with Gasteiger partial charge in [-0.05, 0) is 0 Å². The summed E-state index contributed by atoms with van der Waals surface area (Å²) in [4.78, 5) is 0. The van der Waals surface area contributed by atoms with Crippen LogP contribution in [0.2, 0.25) is 0 Å². The van der Waals surface area contributed by atoms with Gasteiger partial charge < -0.3 is 4.43 Å². The molecule has 0 N–H and O–H groups in total. The van der Waals surface area contributed by atoms with Crippen molar-refractivity contribution in [2.75, 3.05) is 7.11 Å². The van der Waals surface area contributed by atoms with E-state index in [9.17, 15) is 0 Å². The highest BCUT2D eigenvalue weighted by Crippen LogP contribution is 2.04. The van der Waals surface area contributed by atoms with Crippen LogP contribution in [-0.2, 0) is 13.6 Å². The van der Waals surface area contributed by atoms with Gasteiger partial charge in [-0.1, -0.05) is 0 Å². The molecule has 0 atom stereocenters. The van der Waals surface area contributed by atoms with Gasteiger partial charge in [0.1, 0.15) is 0 Å². The molecule has 1 saturated heterocycles. The van der Waals surface area contributed by atoms with E-state index in [-0.39, 0.29) is 0 Å². The van der Waals surface area contributed by atoms with Crippen LogP contribution in [0.5, 0.6) is 0 Å². The highest BCUT2D eigenvalue weighted by Gasteiger charge is 2.30. The van der Waals surface area contributed by atoms with E-state index in [0.29, 0.717) is 0 Å². The van der Waals surface area contributed by atoms with Crippen LogP contribution in [0, 0.1) is 0 Å². The number of rotatable bonds is 1. The summed E-state index contributed by atoms with van der Waals surface area (Å²) in [6, 6.07) is 0. The Balaban J connectivity index is 2.00. The van der Waals surface area contributed by atoms with Gasteiger partial charge in [-0.3, -0.25) is 0 Å². The molecule has 0 aromatic rings. The van der Waals surface area contributed by atoms with Crippen LogP contribution in [0.1, 0.15) is 0 Å². The minimum absolute atomic E-state index is 1.40. The van der Waals surface area contributed by atoms with Crippen molar-refractivity contribution in [3.05, 3.63) is 0 Å². The van der Waals surface area contributed by atoms with Crippen LogP contribution in [0.15, 0.2) is 0 Å². The second-order valence-electron chi connectivity index (χ2n) is 0.717. The fourth-order valence-electron chi connectivity index (χ4n) is 0.101. The van der Waals surface area contributed by atoms with Gasteiger partial charge in [0.2, 0.25) is 0 Å². The average molecular weight is 92.1 g/mol. The Hall–Kier alpha value is 0.0969. The molecule has 0 radical (unpaired) electrons. The summed E-state index contributed by atoms with van der Waals surface area (Å²) in [5.74, 6) is 0. The first-order valence-corrected chi connectivity index (χ1v) is 2.70. The van der Waals surface area contributed by atoms with Gasteiger partial charge in [-0.25, -0.2) is 9.15 Å². The molecule has 0 bridgehead atoms. The van der Waals surface area contributed by atoms with Crippen molar-refractivity contribution in [3.8, 4) is 0 Å². The van der Waals surface area contributed by atoms with Crippen molar-refractivity contribution < 1.29 is 13.6 Å². The lowest BCUT2D eigenvalue weighted by Gasteiger charge is -1.68. The molecule has 1 heterocycles. The van der Waals surface area contributed by atoms with Gasteiger partial charge in [0, 0.05) is 7.11 Å². The van der Waals surface area contributed by atoms with E-state index >= 15 is 0 Å². The molecule has 30 valence electrons. The molecule has 0 saturated carbocycles. The van der Waals surface area contributed by atoms with E-state index in [2.05, 4.69) is 13.6 Å². The third-order valence-corrected chi connectivity index (χ3v) is 1.10. The van der Waals surface area contributed by atoms with Crippen LogP contribution in [-0.4, -0.2) is 16.6 Å². The Morgan fingerprint density at radius 3 is 2.20 bits per heavy atom. The molecule has 1 rings (SSSR count). The average Bonchev–Trinajstić information content (AvgIpc) is 2.12. The van der Waals surface area contributed by atoms with Crippen LogP contribution in [0.4, 0.5) is 0 Å². The molecule has 0 spiro atoms. The van der Waals surface area contributed by atoms with Gasteiger partial charge >= 0.3 is 9.53 Å². The number of hydrogen-bond donors (Lipinski definition) is 0. The van der Waals surface area contributed by atoms with Crippen molar-refractivity contribution in [3.63, 3.8) is 0 Å². The molecule has 0 aromatic carbocycles. The molecule has 1 fully saturated rings. The summed E-state index contributed by atoms with van der Waals surface area (Å²) in [7, 11) is 0.174. The Morgan fingerprint density at radius 2 is 2.20 bits per heavy atom. The van der Waals surface area contributed by atoms with Crippen molar-refractivity contribution >= 4 is 9.53 Å². The zero-order valence-electron chi connectivity index (χ0n) is 2.80. The van der Waals surface area contributed by atoms with Gasteiger partial charge in [0.05, 0.1) is 0 Å². The highest BCUT2D eigenvalue weighted by molar-refractivity contribution is 6.41. The normalized spacial score (nSPS) is 23.4. The lowest BCUT2D eigenvalue weighted by Crippen LogP contribution is -1.90. The SMILES string of the molecule is CO[SiH]1OO1. The molecular weight excluding hydrogens is 88.1 g/mol. The lowest BCUT2D eigenvalue weighted by molar-refractivity contribution is 0.0850. The Bertz CT molecular complexity index is 33.9. The Kier molecular flexibility index (Phi) is 0.696. The zero-order chi connectivity index (χ0) is 3.70. The second-order valence-corrected chi connectivity index (χ2v) is 2.15. The molecule has 3 nitrogen and oxygen atoms in total. The summed E-state index contributed by atoms with van der Waals surface area (Å²) in [5.41, 5.74) is 0. The maximum absolute atomic E-state index is 4.56. The smallest absolute Gasteiger partial charge is 0.377 e. The van der Waals surface area contributed by atoms with E-state index in [1.165, 1.54) is 0 Å². The van der Waals surface area contributed by atoms with Crippen LogP contribution in [0.25, 0.3) is 0 Å². The van der Waals surface area contributed by atoms with Crippen molar-refractivity contribution in [2.24, 2.45) is 0 Å². The van der Waals surface area contributed by atoms with Gasteiger partial charge in [-0.2, -0.15) is 0 Å². The van der Waals surface area contributed by atoms with Gasteiger partial charge in [-0.15, -0.1) is 0 Å². The van der Waals surface area contributed by atoms with E-state index in [0.717, 1.165) is 0 Å². The molecule has 0 aromatic heterocycles.